The molecule has 7 unspecified atom stereocenters. The zero-order valence-electron chi connectivity index (χ0n) is 19.2. The fourth-order valence-electron chi connectivity index (χ4n) is 7.92. The summed E-state index contributed by atoms with van der Waals surface area (Å²) < 4.78 is 28.5. The van der Waals surface area contributed by atoms with Gasteiger partial charge in [0.25, 0.3) is 0 Å². The quantitative estimate of drug-likeness (QED) is 0.493. The van der Waals surface area contributed by atoms with Crippen molar-refractivity contribution in [3.05, 3.63) is 11.6 Å². The third-order valence-electron chi connectivity index (χ3n) is 9.57. The van der Waals surface area contributed by atoms with Crippen molar-refractivity contribution in [2.45, 2.75) is 64.8 Å². The topological polar surface area (TPSA) is 80.3 Å². The lowest BCUT2D eigenvalue weighted by Gasteiger charge is -2.69. The van der Waals surface area contributed by atoms with Crippen LogP contribution in [0.3, 0.4) is 0 Å². The highest BCUT2D eigenvalue weighted by atomic mass is 16.7. The second-order valence-corrected chi connectivity index (χ2v) is 11.0. The van der Waals surface area contributed by atoms with Crippen molar-refractivity contribution in [1.82, 2.24) is 0 Å². The van der Waals surface area contributed by atoms with Gasteiger partial charge in [0, 0.05) is 42.1 Å². The molecule has 0 aromatic rings. The van der Waals surface area contributed by atoms with Crippen LogP contribution in [0, 0.1) is 34.0 Å². The molecule has 31 heavy (non-hydrogen) atoms. The molecule has 0 N–H and O–H groups in total. The van der Waals surface area contributed by atoms with E-state index in [1.54, 1.807) is 7.11 Å². The summed E-state index contributed by atoms with van der Waals surface area (Å²) in [6, 6.07) is 0. The number of carbonyl (C=O) groups is 2. The molecule has 7 nitrogen and oxygen atoms in total. The van der Waals surface area contributed by atoms with Gasteiger partial charge in [0.1, 0.15) is 12.7 Å². The maximum Gasteiger partial charge on any atom is 0.507 e. The Labute approximate surface area is 183 Å². The highest BCUT2D eigenvalue weighted by Gasteiger charge is 2.70. The molecule has 3 heterocycles. The molecule has 7 atom stereocenters. The molecule has 0 aromatic carbocycles. The largest absolute Gasteiger partial charge is 0.507 e. The average Bonchev–Trinajstić information content (AvgIpc) is 2.75. The smallest absolute Gasteiger partial charge is 0.458 e. The van der Waals surface area contributed by atoms with Crippen molar-refractivity contribution in [3.8, 4) is 0 Å². The fourth-order valence-corrected chi connectivity index (χ4v) is 7.92. The van der Waals surface area contributed by atoms with Gasteiger partial charge in [0.05, 0.1) is 13.7 Å². The highest BCUT2D eigenvalue weighted by Crippen LogP contribution is 2.71. The fraction of sp³-hybridized carbons (Fsp3) is 0.833. The van der Waals surface area contributed by atoms with Gasteiger partial charge in [-0.05, 0) is 37.2 Å². The molecule has 172 valence electrons. The second kappa shape index (κ2) is 6.70. The van der Waals surface area contributed by atoms with Crippen LogP contribution in [0.5, 0.6) is 0 Å². The van der Waals surface area contributed by atoms with Gasteiger partial charge in [-0.2, -0.15) is 0 Å². The molecule has 5 fully saturated rings. The van der Waals surface area contributed by atoms with Gasteiger partial charge in [-0.3, -0.25) is 4.79 Å². The maximum absolute atomic E-state index is 12.7. The first-order valence-electron chi connectivity index (χ1n) is 11.4. The van der Waals surface area contributed by atoms with Gasteiger partial charge in [0.15, 0.2) is 5.79 Å². The second-order valence-electron chi connectivity index (χ2n) is 11.0. The molecule has 2 saturated carbocycles. The van der Waals surface area contributed by atoms with Gasteiger partial charge >= 0.3 is 12.1 Å². The summed E-state index contributed by atoms with van der Waals surface area (Å²) in [5, 5.41) is 0. The summed E-state index contributed by atoms with van der Waals surface area (Å²) in [7, 11) is 3.05. The molecule has 0 radical (unpaired) electrons. The number of ether oxygens (including phenoxy) is 5. The van der Waals surface area contributed by atoms with Gasteiger partial charge in [-0.15, -0.1) is 0 Å². The van der Waals surface area contributed by atoms with Gasteiger partial charge in [-0.1, -0.05) is 26.3 Å². The molecule has 3 aliphatic carbocycles. The Bertz CT molecular complexity index is 822. The van der Waals surface area contributed by atoms with E-state index in [9.17, 15) is 9.59 Å². The Morgan fingerprint density at radius 3 is 2.58 bits per heavy atom. The van der Waals surface area contributed by atoms with Crippen molar-refractivity contribution in [1.29, 1.82) is 0 Å². The van der Waals surface area contributed by atoms with Crippen LogP contribution in [-0.4, -0.2) is 51.4 Å². The van der Waals surface area contributed by atoms with Crippen molar-refractivity contribution in [3.63, 3.8) is 0 Å². The van der Waals surface area contributed by atoms with E-state index in [2.05, 4.69) is 31.6 Å². The van der Waals surface area contributed by atoms with Crippen molar-refractivity contribution < 1.29 is 33.3 Å². The molecule has 3 aliphatic heterocycles. The Morgan fingerprint density at radius 1 is 1.16 bits per heavy atom. The summed E-state index contributed by atoms with van der Waals surface area (Å²) in [5.74, 6) is -0.123. The van der Waals surface area contributed by atoms with Gasteiger partial charge in [-0.25, -0.2) is 4.79 Å². The number of fused-ring (bicyclic) bond motifs is 2. The Kier molecular flexibility index (Phi) is 4.60. The van der Waals surface area contributed by atoms with E-state index in [-0.39, 0.29) is 46.8 Å². The molecule has 0 amide bonds. The summed E-state index contributed by atoms with van der Waals surface area (Å²) in [6.45, 7) is 7.46. The Balaban J connectivity index is 1.56. The predicted molar refractivity (Wildman–Crippen MR) is 110 cm³/mol. The molecular weight excluding hydrogens is 400 g/mol. The molecule has 3 saturated heterocycles. The van der Waals surface area contributed by atoms with Crippen LogP contribution in [0.4, 0.5) is 4.79 Å². The lowest BCUT2D eigenvalue weighted by molar-refractivity contribution is -0.347. The number of rotatable bonds is 3. The van der Waals surface area contributed by atoms with Crippen LogP contribution in [0.25, 0.3) is 0 Å². The van der Waals surface area contributed by atoms with E-state index in [4.69, 9.17) is 18.9 Å². The van der Waals surface area contributed by atoms with Crippen molar-refractivity contribution in [2.75, 3.05) is 27.4 Å². The maximum atomic E-state index is 12.7. The Morgan fingerprint density at radius 2 is 1.94 bits per heavy atom. The van der Waals surface area contributed by atoms with Crippen molar-refractivity contribution >= 4 is 12.1 Å². The first-order chi connectivity index (χ1) is 14.6. The number of hydrogen-bond acceptors (Lipinski definition) is 7. The van der Waals surface area contributed by atoms with Gasteiger partial charge in [0.2, 0.25) is 0 Å². The first-order valence-corrected chi connectivity index (χ1v) is 11.4. The summed E-state index contributed by atoms with van der Waals surface area (Å²) in [5.41, 5.74) is 0.716. The Hall–Kier alpha value is -1.60. The van der Waals surface area contributed by atoms with E-state index in [0.717, 1.165) is 25.7 Å². The van der Waals surface area contributed by atoms with Crippen LogP contribution in [0.15, 0.2) is 11.6 Å². The number of carbonyl (C=O) groups excluding carboxylic acids is 2. The van der Waals surface area contributed by atoms with Crippen LogP contribution in [0.1, 0.15) is 52.9 Å². The van der Waals surface area contributed by atoms with Gasteiger partial charge < -0.3 is 23.7 Å². The monoisotopic (exact) mass is 434 g/mol. The minimum absolute atomic E-state index is 0.0442. The first kappa shape index (κ1) is 21.3. The predicted octanol–water partition coefficient (Wildman–Crippen LogP) is 3.85. The molecule has 6 aliphatic rings. The SMILES string of the molecule is COC(=O)OCC1(C)CCC2C3C(C=C4C25CCC(OC)(OC5)C4(C)C)OC(=O)CC31. The summed E-state index contributed by atoms with van der Waals surface area (Å²) in [4.78, 5) is 24.3. The minimum Gasteiger partial charge on any atom is -0.458 e. The lowest BCUT2D eigenvalue weighted by Crippen LogP contribution is -2.70. The molecule has 6 rings (SSSR count). The zero-order valence-corrected chi connectivity index (χ0v) is 19.2. The lowest BCUT2D eigenvalue weighted by atomic mass is 9.41. The van der Waals surface area contributed by atoms with Crippen LogP contribution < -0.4 is 0 Å². The summed E-state index contributed by atoms with van der Waals surface area (Å²) >= 11 is 0. The zero-order chi connectivity index (χ0) is 22.2. The molecule has 7 heteroatoms. The normalized spacial score (nSPS) is 46.9. The minimum atomic E-state index is -0.673. The van der Waals surface area contributed by atoms with E-state index in [1.807, 2.05) is 0 Å². The van der Waals surface area contributed by atoms with E-state index < -0.39 is 11.9 Å². The van der Waals surface area contributed by atoms with Crippen molar-refractivity contribution in [2.24, 2.45) is 34.0 Å². The molecular formula is C24H34O7. The number of esters is 1. The van der Waals surface area contributed by atoms with E-state index >= 15 is 0 Å². The molecule has 1 spiro atoms. The summed E-state index contributed by atoms with van der Waals surface area (Å²) in [6.07, 6.45) is 5.45. The van der Waals surface area contributed by atoms with E-state index in [0.29, 0.717) is 18.9 Å². The third-order valence-corrected chi connectivity index (χ3v) is 9.57. The molecule has 2 bridgehead atoms. The van der Waals surface area contributed by atoms with Crippen LogP contribution in [0.2, 0.25) is 0 Å². The van der Waals surface area contributed by atoms with Crippen LogP contribution >= 0.6 is 0 Å². The number of hydrogen-bond donors (Lipinski definition) is 0. The van der Waals surface area contributed by atoms with E-state index in [1.165, 1.54) is 12.7 Å². The third kappa shape index (κ3) is 2.65. The highest BCUT2D eigenvalue weighted by molar-refractivity contribution is 5.71. The van der Waals surface area contributed by atoms with Crippen LogP contribution in [-0.2, 0) is 28.5 Å². The molecule has 0 aromatic heterocycles. The average molecular weight is 435 g/mol. The standard InChI is InChI=1S/C24H34O7/c1-21(2)17-11-16-19-14(23(17)8-9-24(21,28-5)30-13-23)6-7-22(3,12-29-20(26)27-4)15(19)10-18(25)31-16/h11,14-16,19H,6-10,12-13H2,1-5H3. The number of methoxy groups -OCH3 is 2.